The number of aryl methyl sites for hydroxylation is 1. The van der Waals surface area contributed by atoms with E-state index in [1.165, 1.54) is 43.6 Å². The summed E-state index contributed by atoms with van der Waals surface area (Å²) in [5, 5.41) is 5.01. The molecule has 6 aromatic carbocycles. The van der Waals surface area contributed by atoms with Crippen molar-refractivity contribution in [2.24, 2.45) is 7.05 Å². The summed E-state index contributed by atoms with van der Waals surface area (Å²) >= 11 is 0. The van der Waals surface area contributed by atoms with Gasteiger partial charge in [-0.1, -0.05) is 103 Å². The quantitative estimate of drug-likeness (QED) is 0.209. The van der Waals surface area contributed by atoms with Gasteiger partial charge in [0.25, 0.3) is 0 Å². The summed E-state index contributed by atoms with van der Waals surface area (Å²) in [6, 6.07) is 50.7. The Morgan fingerprint density at radius 1 is 0.400 bits per heavy atom. The molecule has 0 spiro atoms. The zero-order chi connectivity index (χ0) is 29.9. The molecule has 0 saturated heterocycles. The topological polar surface area (TPSA) is 48.5 Å². The minimum absolute atomic E-state index is 0.646. The molecule has 0 N–H and O–H groups in total. The molecule has 5 nitrogen and oxygen atoms in total. The van der Waals surface area contributed by atoms with Crippen molar-refractivity contribution in [3.8, 4) is 39.9 Å². The maximum absolute atomic E-state index is 4.94. The Morgan fingerprint density at radius 3 is 1.53 bits per heavy atom. The standard InChI is InChI=1S/C40H27N5/c1-44-33-18-10-9-17-32(33)36-35(44)25-24-31-30-16-8-11-19-34(30)45(37(31)36)29-22-20-28(21-23-29)40-42-38(26-12-4-2-5-13-26)41-39(43-40)27-14-6-3-7-15-27/h2-25H,1H3. The normalized spacial score (nSPS) is 11.7. The van der Waals surface area contributed by atoms with Gasteiger partial charge in [0.15, 0.2) is 17.5 Å². The molecular formula is C40H27N5. The Morgan fingerprint density at radius 2 is 0.911 bits per heavy atom. The van der Waals surface area contributed by atoms with Crippen LogP contribution in [0.4, 0.5) is 0 Å². The highest BCUT2D eigenvalue weighted by Crippen LogP contribution is 2.40. The van der Waals surface area contributed by atoms with E-state index in [4.69, 9.17) is 15.0 Å². The van der Waals surface area contributed by atoms with Crippen molar-refractivity contribution < 1.29 is 0 Å². The third kappa shape index (κ3) is 3.98. The lowest BCUT2D eigenvalue weighted by Crippen LogP contribution is -2.00. The highest BCUT2D eigenvalue weighted by atomic mass is 15.0. The number of para-hydroxylation sites is 2. The van der Waals surface area contributed by atoms with E-state index in [1.54, 1.807) is 0 Å². The van der Waals surface area contributed by atoms with Crippen LogP contribution in [0.15, 0.2) is 146 Å². The van der Waals surface area contributed by atoms with Gasteiger partial charge in [-0.2, -0.15) is 0 Å². The van der Waals surface area contributed by atoms with E-state index in [2.05, 4.69) is 101 Å². The van der Waals surface area contributed by atoms with Gasteiger partial charge >= 0.3 is 0 Å². The van der Waals surface area contributed by atoms with E-state index in [0.29, 0.717) is 17.5 Å². The van der Waals surface area contributed by atoms with Gasteiger partial charge in [0.05, 0.1) is 16.6 Å². The van der Waals surface area contributed by atoms with E-state index in [1.807, 2.05) is 60.7 Å². The number of fused-ring (bicyclic) bond motifs is 7. The second-order valence-electron chi connectivity index (χ2n) is 11.4. The lowest BCUT2D eigenvalue weighted by molar-refractivity contribution is 1.01. The molecule has 9 rings (SSSR count). The molecular weight excluding hydrogens is 550 g/mol. The third-order valence-electron chi connectivity index (χ3n) is 8.79. The predicted octanol–water partition coefficient (Wildman–Crippen LogP) is 9.61. The molecule has 0 radical (unpaired) electrons. The first-order chi connectivity index (χ1) is 22.2. The van der Waals surface area contributed by atoms with Gasteiger partial charge in [0.2, 0.25) is 0 Å². The second kappa shape index (κ2) is 10.00. The summed E-state index contributed by atoms with van der Waals surface area (Å²) in [5.74, 6) is 1.96. The summed E-state index contributed by atoms with van der Waals surface area (Å²) in [4.78, 5) is 14.7. The molecule has 0 aliphatic heterocycles. The first-order valence-corrected chi connectivity index (χ1v) is 15.1. The molecule has 0 amide bonds. The highest BCUT2D eigenvalue weighted by molar-refractivity contribution is 6.25. The molecule has 0 fully saturated rings. The van der Waals surface area contributed by atoms with Crippen LogP contribution in [0.2, 0.25) is 0 Å². The fourth-order valence-electron chi connectivity index (χ4n) is 6.66. The maximum Gasteiger partial charge on any atom is 0.164 e. The SMILES string of the molecule is Cn1c2ccccc2c2c1ccc1c3ccccc3n(-c3ccc(-c4nc(-c5ccccc5)nc(-c5ccccc5)n4)cc3)c12. The molecule has 9 aromatic rings. The third-order valence-corrected chi connectivity index (χ3v) is 8.79. The minimum Gasteiger partial charge on any atom is -0.344 e. The van der Waals surface area contributed by atoms with Gasteiger partial charge in [-0.25, -0.2) is 15.0 Å². The molecule has 3 aromatic heterocycles. The fraction of sp³-hybridized carbons (Fsp3) is 0.0250. The summed E-state index contributed by atoms with van der Waals surface area (Å²) in [7, 11) is 2.15. The Labute approximate surface area is 259 Å². The second-order valence-corrected chi connectivity index (χ2v) is 11.4. The summed E-state index contributed by atoms with van der Waals surface area (Å²) < 4.78 is 4.70. The number of hydrogen-bond donors (Lipinski definition) is 0. The van der Waals surface area contributed by atoms with Crippen LogP contribution in [0.25, 0.3) is 83.5 Å². The minimum atomic E-state index is 0.646. The van der Waals surface area contributed by atoms with Crippen molar-refractivity contribution >= 4 is 43.6 Å². The van der Waals surface area contributed by atoms with Crippen LogP contribution in [0.5, 0.6) is 0 Å². The van der Waals surface area contributed by atoms with E-state index in [0.717, 1.165) is 22.4 Å². The Balaban J connectivity index is 1.26. The summed E-state index contributed by atoms with van der Waals surface area (Å²) in [5.41, 5.74) is 8.79. The van der Waals surface area contributed by atoms with E-state index < -0.39 is 0 Å². The van der Waals surface area contributed by atoms with Crippen LogP contribution in [0.3, 0.4) is 0 Å². The smallest absolute Gasteiger partial charge is 0.164 e. The van der Waals surface area contributed by atoms with Crippen LogP contribution >= 0.6 is 0 Å². The summed E-state index contributed by atoms with van der Waals surface area (Å²) in [6.07, 6.45) is 0. The van der Waals surface area contributed by atoms with Crippen LogP contribution in [0.1, 0.15) is 0 Å². The molecule has 0 aliphatic rings. The lowest BCUT2D eigenvalue weighted by atomic mass is 10.1. The zero-order valence-corrected chi connectivity index (χ0v) is 24.6. The number of hydrogen-bond acceptors (Lipinski definition) is 3. The molecule has 5 heteroatoms. The van der Waals surface area contributed by atoms with Crippen LogP contribution in [-0.2, 0) is 7.05 Å². The predicted molar refractivity (Wildman–Crippen MR) is 184 cm³/mol. The van der Waals surface area contributed by atoms with Crippen molar-refractivity contribution in [1.29, 1.82) is 0 Å². The molecule has 0 unspecified atom stereocenters. The largest absolute Gasteiger partial charge is 0.344 e. The van der Waals surface area contributed by atoms with E-state index in [-0.39, 0.29) is 0 Å². The van der Waals surface area contributed by atoms with Gasteiger partial charge in [-0.15, -0.1) is 0 Å². The van der Waals surface area contributed by atoms with E-state index >= 15 is 0 Å². The Hall–Kier alpha value is -6.07. The van der Waals surface area contributed by atoms with Crippen molar-refractivity contribution in [3.63, 3.8) is 0 Å². The van der Waals surface area contributed by atoms with Crippen molar-refractivity contribution in [2.45, 2.75) is 0 Å². The van der Waals surface area contributed by atoms with Crippen molar-refractivity contribution in [2.75, 3.05) is 0 Å². The monoisotopic (exact) mass is 577 g/mol. The molecule has 0 atom stereocenters. The molecule has 0 aliphatic carbocycles. The van der Waals surface area contributed by atoms with Crippen molar-refractivity contribution in [3.05, 3.63) is 146 Å². The first-order valence-electron chi connectivity index (χ1n) is 15.1. The van der Waals surface area contributed by atoms with Crippen LogP contribution in [-0.4, -0.2) is 24.1 Å². The molecule has 0 bridgehead atoms. The average Bonchev–Trinajstić information content (AvgIpc) is 3.61. The van der Waals surface area contributed by atoms with Gasteiger partial charge in [0.1, 0.15) is 0 Å². The molecule has 212 valence electrons. The Kier molecular flexibility index (Phi) is 5.65. The molecule has 45 heavy (non-hydrogen) atoms. The van der Waals surface area contributed by atoms with Crippen LogP contribution < -0.4 is 0 Å². The first kappa shape index (κ1) is 25.4. The molecule has 3 heterocycles. The fourth-order valence-corrected chi connectivity index (χ4v) is 6.66. The number of rotatable bonds is 4. The van der Waals surface area contributed by atoms with Crippen LogP contribution in [0, 0.1) is 0 Å². The van der Waals surface area contributed by atoms with Gasteiger partial charge in [0, 0.05) is 56.5 Å². The lowest BCUT2D eigenvalue weighted by Gasteiger charge is -2.11. The summed E-state index contributed by atoms with van der Waals surface area (Å²) in [6.45, 7) is 0. The average molecular weight is 578 g/mol. The number of aromatic nitrogens is 5. The van der Waals surface area contributed by atoms with Gasteiger partial charge < -0.3 is 9.13 Å². The zero-order valence-electron chi connectivity index (χ0n) is 24.6. The molecule has 0 saturated carbocycles. The van der Waals surface area contributed by atoms with Crippen molar-refractivity contribution in [1.82, 2.24) is 24.1 Å². The van der Waals surface area contributed by atoms with Gasteiger partial charge in [-0.05, 0) is 42.5 Å². The number of nitrogens with zero attached hydrogens (tertiary/aromatic N) is 5. The number of benzene rings is 6. The highest BCUT2D eigenvalue weighted by Gasteiger charge is 2.19. The maximum atomic E-state index is 4.94. The van der Waals surface area contributed by atoms with E-state index in [9.17, 15) is 0 Å². The Bertz CT molecular complexity index is 2470. The van der Waals surface area contributed by atoms with Gasteiger partial charge in [-0.3, -0.25) is 0 Å².